The van der Waals surface area contributed by atoms with Gasteiger partial charge in [0.15, 0.2) is 0 Å². The maximum atomic E-state index is 5.36. The lowest BCUT2D eigenvalue weighted by atomic mass is 10.1. The molecular formula is C16H15N3O2. The predicted molar refractivity (Wildman–Crippen MR) is 83.0 cm³/mol. The van der Waals surface area contributed by atoms with E-state index in [0.29, 0.717) is 5.76 Å². The van der Waals surface area contributed by atoms with Crippen molar-refractivity contribution in [2.75, 3.05) is 12.5 Å². The molecule has 0 amide bonds. The summed E-state index contributed by atoms with van der Waals surface area (Å²) in [4.78, 5) is 4.53. The zero-order valence-electron chi connectivity index (χ0n) is 11.8. The van der Waals surface area contributed by atoms with Crippen LogP contribution < -0.4 is 10.2 Å². The summed E-state index contributed by atoms with van der Waals surface area (Å²) in [6, 6.07) is 11.4. The summed E-state index contributed by atoms with van der Waals surface area (Å²) in [5.74, 6) is 1.43. The minimum atomic E-state index is 0.690. The lowest BCUT2D eigenvalue weighted by Crippen LogP contribution is -1.96. The number of furan rings is 1. The molecule has 3 aromatic rings. The zero-order chi connectivity index (χ0) is 14.7. The van der Waals surface area contributed by atoms with Crippen molar-refractivity contribution in [1.29, 1.82) is 0 Å². The Balaban J connectivity index is 1.98. The van der Waals surface area contributed by atoms with Crippen LogP contribution in [0, 0.1) is 6.92 Å². The first-order valence-electron chi connectivity index (χ1n) is 6.55. The lowest BCUT2D eigenvalue weighted by molar-refractivity contribution is 0.419. The molecule has 3 rings (SSSR count). The molecule has 0 radical (unpaired) electrons. The van der Waals surface area contributed by atoms with E-state index in [4.69, 9.17) is 9.15 Å². The van der Waals surface area contributed by atoms with Crippen molar-refractivity contribution >= 4 is 22.8 Å². The number of rotatable bonds is 4. The molecular weight excluding hydrogens is 266 g/mol. The Kier molecular flexibility index (Phi) is 3.55. The second kappa shape index (κ2) is 5.66. The molecule has 2 heterocycles. The first-order valence-corrected chi connectivity index (χ1v) is 6.55. The van der Waals surface area contributed by atoms with Crippen LogP contribution in [0.4, 0.5) is 5.69 Å². The Bertz CT molecular complexity index is 780. The number of ether oxygens (including phenoxy) is 1. The molecule has 0 bridgehead atoms. The van der Waals surface area contributed by atoms with Gasteiger partial charge in [-0.3, -0.25) is 5.43 Å². The number of hydrogen-bond donors (Lipinski definition) is 1. The Hall–Kier alpha value is -2.82. The van der Waals surface area contributed by atoms with Gasteiger partial charge in [0.25, 0.3) is 0 Å². The molecule has 2 aromatic heterocycles. The third kappa shape index (κ3) is 2.72. The van der Waals surface area contributed by atoms with E-state index in [0.717, 1.165) is 28.0 Å². The van der Waals surface area contributed by atoms with Crippen molar-refractivity contribution in [3.05, 3.63) is 54.1 Å². The normalized spacial score (nSPS) is 11.1. The van der Waals surface area contributed by atoms with Gasteiger partial charge in [-0.25, -0.2) is 4.98 Å². The van der Waals surface area contributed by atoms with Gasteiger partial charge in [0.2, 0.25) is 0 Å². The number of fused-ring (bicyclic) bond motifs is 1. The number of nitrogens with zero attached hydrogens (tertiary/aromatic N) is 2. The van der Waals surface area contributed by atoms with Crippen LogP contribution in [0.3, 0.4) is 0 Å². The fourth-order valence-corrected chi connectivity index (χ4v) is 2.14. The molecule has 0 atom stereocenters. The number of aryl methyl sites for hydroxylation is 1. The summed E-state index contributed by atoms with van der Waals surface area (Å²) >= 11 is 0. The first-order chi connectivity index (χ1) is 10.3. The fraction of sp³-hybridized carbons (Fsp3) is 0.125. The molecule has 21 heavy (non-hydrogen) atoms. The van der Waals surface area contributed by atoms with E-state index < -0.39 is 0 Å². The molecule has 5 nitrogen and oxygen atoms in total. The van der Waals surface area contributed by atoms with Gasteiger partial charge in [-0.2, -0.15) is 5.10 Å². The van der Waals surface area contributed by atoms with Crippen molar-refractivity contribution in [2.45, 2.75) is 6.92 Å². The van der Waals surface area contributed by atoms with Gasteiger partial charge in [0.1, 0.15) is 17.0 Å². The van der Waals surface area contributed by atoms with E-state index >= 15 is 0 Å². The topological polar surface area (TPSA) is 59.6 Å². The molecule has 0 aliphatic heterocycles. The zero-order valence-corrected chi connectivity index (χ0v) is 11.8. The molecule has 1 N–H and O–H groups in total. The summed E-state index contributed by atoms with van der Waals surface area (Å²) in [6.45, 7) is 1.94. The second-order valence-electron chi connectivity index (χ2n) is 4.55. The number of aromatic nitrogens is 1. The molecule has 5 heteroatoms. The Labute approximate surface area is 122 Å². The molecule has 106 valence electrons. The van der Waals surface area contributed by atoms with Crippen LogP contribution in [0.2, 0.25) is 0 Å². The highest BCUT2D eigenvalue weighted by atomic mass is 16.5. The Morgan fingerprint density at radius 3 is 2.95 bits per heavy atom. The van der Waals surface area contributed by atoms with Crippen molar-refractivity contribution < 1.29 is 9.15 Å². The summed E-state index contributed by atoms with van der Waals surface area (Å²) in [6.07, 6.45) is 3.24. The monoisotopic (exact) mass is 281 g/mol. The number of hydrazone groups is 1. The van der Waals surface area contributed by atoms with E-state index in [2.05, 4.69) is 15.5 Å². The van der Waals surface area contributed by atoms with Gasteiger partial charge < -0.3 is 9.15 Å². The van der Waals surface area contributed by atoms with Gasteiger partial charge in [-0.05, 0) is 31.2 Å². The molecule has 0 aliphatic rings. The second-order valence-corrected chi connectivity index (χ2v) is 4.55. The fourth-order valence-electron chi connectivity index (χ4n) is 2.14. The highest BCUT2D eigenvalue weighted by molar-refractivity contribution is 5.95. The van der Waals surface area contributed by atoms with Crippen LogP contribution in [0.5, 0.6) is 5.75 Å². The molecule has 0 saturated carbocycles. The van der Waals surface area contributed by atoms with Crippen molar-refractivity contribution in [2.24, 2.45) is 5.10 Å². The Morgan fingerprint density at radius 2 is 2.19 bits per heavy atom. The largest absolute Gasteiger partial charge is 0.494 e. The average Bonchev–Trinajstić information content (AvgIpc) is 3.00. The summed E-state index contributed by atoms with van der Waals surface area (Å²) in [7, 11) is 1.64. The van der Waals surface area contributed by atoms with Gasteiger partial charge in [-0.15, -0.1) is 0 Å². The average molecular weight is 281 g/mol. The van der Waals surface area contributed by atoms with Crippen LogP contribution in [0.1, 0.15) is 11.5 Å². The lowest BCUT2D eigenvalue weighted by Gasteiger charge is -2.09. The molecule has 1 aromatic carbocycles. The van der Waals surface area contributed by atoms with Crippen LogP contribution in [-0.4, -0.2) is 18.3 Å². The number of benzene rings is 1. The van der Waals surface area contributed by atoms with E-state index in [9.17, 15) is 0 Å². The van der Waals surface area contributed by atoms with Gasteiger partial charge in [0, 0.05) is 11.1 Å². The molecule has 0 aliphatic carbocycles. The highest BCUT2D eigenvalue weighted by Crippen LogP contribution is 2.29. The van der Waals surface area contributed by atoms with Crippen LogP contribution in [-0.2, 0) is 0 Å². The molecule has 0 spiro atoms. The van der Waals surface area contributed by atoms with Crippen LogP contribution in [0.15, 0.2) is 52.2 Å². The highest BCUT2D eigenvalue weighted by Gasteiger charge is 2.07. The van der Waals surface area contributed by atoms with Crippen LogP contribution >= 0.6 is 0 Å². The third-order valence-electron chi connectivity index (χ3n) is 3.07. The van der Waals surface area contributed by atoms with Crippen LogP contribution in [0.25, 0.3) is 10.9 Å². The first kappa shape index (κ1) is 13.2. The van der Waals surface area contributed by atoms with E-state index in [-0.39, 0.29) is 0 Å². The summed E-state index contributed by atoms with van der Waals surface area (Å²) in [5.41, 5.74) is 5.61. The summed E-state index contributed by atoms with van der Waals surface area (Å²) in [5, 5.41) is 5.15. The third-order valence-corrected chi connectivity index (χ3v) is 3.07. The SMILES string of the molecule is COc1cccc2c(N/N=C\c3ccco3)cc(C)nc12. The smallest absolute Gasteiger partial charge is 0.146 e. The number of anilines is 1. The predicted octanol–water partition coefficient (Wildman–Crippen LogP) is 3.59. The van der Waals surface area contributed by atoms with E-state index in [1.54, 1.807) is 19.6 Å². The quantitative estimate of drug-likeness (QED) is 0.586. The Morgan fingerprint density at radius 1 is 1.29 bits per heavy atom. The summed E-state index contributed by atoms with van der Waals surface area (Å²) < 4.78 is 10.6. The maximum Gasteiger partial charge on any atom is 0.146 e. The number of hydrogen-bond acceptors (Lipinski definition) is 5. The standard InChI is InChI=1S/C16H15N3O2/c1-11-9-14(19-17-10-12-5-4-8-21-12)13-6-3-7-15(20-2)16(13)18-11/h3-10H,1-2H3,(H,18,19)/b17-10-. The molecule has 0 unspecified atom stereocenters. The number of nitrogens with one attached hydrogen (secondary N) is 1. The van der Waals surface area contributed by atoms with Crippen molar-refractivity contribution in [1.82, 2.24) is 4.98 Å². The van der Waals surface area contributed by atoms with Gasteiger partial charge in [-0.1, -0.05) is 12.1 Å². The maximum absolute atomic E-state index is 5.36. The van der Waals surface area contributed by atoms with Gasteiger partial charge >= 0.3 is 0 Å². The number of para-hydroxylation sites is 1. The minimum Gasteiger partial charge on any atom is -0.494 e. The van der Waals surface area contributed by atoms with Gasteiger partial charge in [0.05, 0.1) is 25.3 Å². The number of methoxy groups -OCH3 is 1. The van der Waals surface area contributed by atoms with E-state index in [1.165, 1.54) is 0 Å². The van der Waals surface area contributed by atoms with Crippen molar-refractivity contribution in [3.63, 3.8) is 0 Å². The number of pyridine rings is 1. The van der Waals surface area contributed by atoms with E-state index in [1.807, 2.05) is 43.3 Å². The molecule has 0 saturated heterocycles. The minimum absolute atomic E-state index is 0.690. The van der Waals surface area contributed by atoms with Crippen molar-refractivity contribution in [3.8, 4) is 5.75 Å². The molecule has 0 fully saturated rings.